The summed E-state index contributed by atoms with van der Waals surface area (Å²) in [6.45, 7) is 6.47. The molecule has 0 amide bonds. The molecule has 0 aromatic heterocycles. The van der Waals surface area contributed by atoms with Crippen LogP contribution in [0.5, 0.6) is 11.5 Å². The second-order valence-electron chi connectivity index (χ2n) is 6.46. The van der Waals surface area contributed by atoms with Gasteiger partial charge in [0, 0.05) is 0 Å². The van der Waals surface area contributed by atoms with Crippen LogP contribution >= 0.6 is 0 Å². The fraction of sp³-hybridized carbons (Fsp3) is 0.211. The van der Waals surface area contributed by atoms with Gasteiger partial charge in [-0.2, -0.15) is 0 Å². The Bertz CT molecular complexity index is 762. The highest BCUT2D eigenvalue weighted by atomic mass is 16.5. The molecule has 0 spiro atoms. The number of rotatable bonds is 1. The molecule has 112 valence electrons. The second-order valence-corrected chi connectivity index (χ2v) is 6.46. The molecule has 0 atom stereocenters. The third-order valence-corrected chi connectivity index (χ3v) is 3.75. The molecule has 0 aliphatic carbocycles. The zero-order valence-corrected chi connectivity index (χ0v) is 12.9. The predicted molar refractivity (Wildman–Crippen MR) is 86.2 cm³/mol. The number of ketones is 1. The number of carbonyl (C=O) groups is 1. The van der Waals surface area contributed by atoms with E-state index in [9.17, 15) is 9.90 Å². The van der Waals surface area contributed by atoms with E-state index in [0.29, 0.717) is 5.75 Å². The lowest BCUT2D eigenvalue weighted by molar-refractivity contribution is 0.101. The summed E-state index contributed by atoms with van der Waals surface area (Å²) in [7, 11) is 0. The van der Waals surface area contributed by atoms with E-state index >= 15 is 0 Å². The van der Waals surface area contributed by atoms with Gasteiger partial charge in [-0.05, 0) is 34.8 Å². The smallest absolute Gasteiger partial charge is 0.235 e. The van der Waals surface area contributed by atoms with E-state index in [2.05, 4.69) is 32.9 Å². The zero-order chi connectivity index (χ0) is 15.9. The molecule has 1 N–H and O–H groups in total. The summed E-state index contributed by atoms with van der Waals surface area (Å²) in [4.78, 5) is 12.3. The van der Waals surface area contributed by atoms with Gasteiger partial charge in [0.2, 0.25) is 5.78 Å². The summed E-state index contributed by atoms with van der Waals surface area (Å²) in [6.07, 6.45) is 1.70. The Balaban J connectivity index is 1.92. The van der Waals surface area contributed by atoms with Crippen molar-refractivity contribution >= 4 is 11.9 Å². The van der Waals surface area contributed by atoms with Crippen molar-refractivity contribution in [2.45, 2.75) is 26.2 Å². The standard InChI is InChI=1S/C19H18O3/c1-19(2,3)13-9-7-12(8-10-13)11-16-18(21)17-14(20)5-4-6-15(17)22-16/h4-11,20H,1-3H3/b16-11-. The van der Waals surface area contributed by atoms with Crippen molar-refractivity contribution in [1.29, 1.82) is 0 Å². The molecule has 22 heavy (non-hydrogen) atoms. The van der Waals surface area contributed by atoms with E-state index in [1.165, 1.54) is 11.6 Å². The number of carbonyl (C=O) groups excluding carboxylic acids is 1. The Morgan fingerprint density at radius 2 is 1.73 bits per heavy atom. The SMILES string of the molecule is CC(C)(C)c1ccc(/C=C2\Oc3cccc(O)c3C2=O)cc1. The third-order valence-electron chi connectivity index (χ3n) is 3.75. The van der Waals surface area contributed by atoms with E-state index in [-0.39, 0.29) is 28.3 Å². The summed E-state index contributed by atoms with van der Waals surface area (Å²) >= 11 is 0. The number of aromatic hydroxyl groups is 1. The molecule has 0 fully saturated rings. The summed E-state index contributed by atoms with van der Waals surface area (Å²) in [5.41, 5.74) is 2.45. The number of phenols is 1. The molecule has 1 aliphatic heterocycles. The molecule has 0 saturated carbocycles. The predicted octanol–water partition coefficient (Wildman–Crippen LogP) is 4.31. The van der Waals surface area contributed by atoms with Crippen LogP contribution in [0.1, 0.15) is 42.3 Å². The Morgan fingerprint density at radius 1 is 1.05 bits per heavy atom. The minimum absolute atomic E-state index is 0.0472. The van der Waals surface area contributed by atoms with Crippen LogP contribution in [0.25, 0.3) is 6.08 Å². The first kappa shape index (κ1) is 14.4. The highest BCUT2D eigenvalue weighted by Crippen LogP contribution is 2.37. The number of Topliss-reactive ketones (excluding diaryl/α,β-unsaturated/α-hetero) is 1. The monoisotopic (exact) mass is 294 g/mol. The Kier molecular flexibility index (Phi) is 3.28. The van der Waals surface area contributed by atoms with Gasteiger partial charge in [-0.3, -0.25) is 4.79 Å². The maximum absolute atomic E-state index is 12.3. The maximum atomic E-state index is 12.3. The van der Waals surface area contributed by atoms with Gasteiger partial charge in [-0.1, -0.05) is 51.1 Å². The molecule has 1 aliphatic rings. The first-order valence-electron chi connectivity index (χ1n) is 7.23. The van der Waals surface area contributed by atoms with E-state index in [1.807, 2.05) is 12.1 Å². The van der Waals surface area contributed by atoms with Crippen LogP contribution in [0, 0.1) is 0 Å². The van der Waals surface area contributed by atoms with Crippen molar-refractivity contribution in [1.82, 2.24) is 0 Å². The number of phenolic OH excluding ortho intramolecular Hbond substituents is 1. The summed E-state index contributed by atoms with van der Waals surface area (Å²) in [5, 5.41) is 9.78. The number of hydrogen-bond acceptors (Lipinski definition) is 3. The Hall–Kier alpha value is -2.55. The average Bonchev–Trinajstić information content (AvgIpc) is 2.76. The molecule has 3 nitrogen and oxygen atoms in total. The van der Waals surface area contributed by atoms with E-state index in [1.54, 1.807) is 18.2 Å². The summed E-state index contributed by atoms with van der Waals surface area (Å²) in [5.74, 6) is 0.310. The van der Waals surface area contributed by atoms with Gasteiger partial charge in [0.1, 0.15) is 17.1 Å². The molecule has 0 bridgehead atoms. The second kappa shape index (κ2) is 5.02. The Labute approximate surface area is 129 Å². The normalized spacial score (nSPS) is 15.8. The van der Waals surface area contributed by atoms with Crippen molar-refractivity contribution in [3.05, 3.63) is 64.9 Å². The van der Waals surface area contributed by atoms with Crippen LogP contribution in [0.4, 0.5) is 0 Å². The molecule has 0 radical (unpaired) electrons. The first-order chi connectivity index (χ1) is 10.4. The van der Waals surface area contributed by atoms with Crippen LogP contribution in [-0.2, 0) is 5.41 Å². The fourth-order valence-electron chi connectivity index (χ4n) is 2.45. The maximum Gasteiger partial charge on any atom is 0.235 e. The largest absolute Gasteiger partial charge is 0.507 e. The molecule has 0 unspecified atom stereocenters. The van der Waals surface area contributed by atoms with Crippen LogP contribution in [-0.4, -0.2) is 10.9 Å². The molecule has 3 heteroatoms. The van der Waals surface area contributed by atoms with Gasteiger partial charge in [0.15, 0.2) is 5.76 Å². The number of benzene rings is 2. The lowest BCUT2D eigenvalue weighted by Gasteiger charge is -2.18. The molecule has 3 rings (SSSR count). The first-order valence-corrected chi connectivity index (χ1v) is 7.23. The van der Waals surface area contributed by atoms with Gasteiger partial charge < -0.3 is 9.84 Å². The highest BCUT2D eigenvalue weighted by Gasteiger charge is 2.30. The van der Waals surface area contributed by atoms with Crippen molar-refractivity contribution in [2.24, 2.45) is 0 Å². The Morgan fingerprint density at radius 3 is 2.32 bits per heavy atom. The average molecular weight is 294 g/mol. The summed E-state index contributed by atoms with van der Waals surface area (Å²) < 4.78 is 5.55. The van der Waals surface area contributed by atoms with Crippen LogP contribution in [0.2, 0.25) is 0 Å². The molecule has 1 heterocycles. The molecule has 2 aromatic carbocycles. The fourth-order valence-corrected chi connectivity index (χ4v) is 2.45. The van der Waals surface area contributed by atoms with Crippen LogP contribution < -0.4 is 4.74 Å². The number of ether oxygens (including phenoxy) is 1. The van der Waals surface area contributed by atoms with Gasteiger partial charge in [0.25, 0.3) is 0 Å². The van der Waals surface area contributed by atoms with Crippen molar-refractivity contribution in [3.63, 3.8) is 0 Å². The molecule has 2 aromatic rings. The minimum atomic E-state index is -0.284. The lowest BCUT2D eigenvalue weighted by Crippen LogP contribution is -2.10. The third kappa shape index (κ3) is 2.50. The van der Waals surface area contributed by atoms with Gasteiger partial charge in [-0.15, -0.1) is 0 Å². The van der Waals surface area contributed by atoms with Crippen LogP contribution in [0.15, 0.2) is 48.2 Å². The van der Waals surface area contributed by atoms with Crippen molar-refractivity contribution in [2.75, 3.05) is 0 Å². The lowest BCUT2D eigenvalue weighted by atomic mass is 9.86. The molecular weight excluding hydrogens is 276 g/mol. The van der Waals surface area contributed by atoms with Crippen molar-refractivity contribution in [3.8, 4) is 11.5 Å². The number of fused-ring (bicyclic) bond motifs is 1. The zero-order valence-electron chi connectivity index (χ0n) is 12.9. The number of allylic oxidation sites excluding steroid dienone is 1. The molecular formula is C19H18O3. The van der Waals surface area contributed by atoms with Crippen LogP contribution in [0.3, 0.4) is 0 Å². The van der Waals surface area contributed by atoms with E-state index < -0.39 is 0 Å². The molecule has 0 saturated heterocycles. The highest BCUT2D eigenvalue weighted by molar-refractivity contribution is 6.16. The number of hydrogen-bond donors (Lipinski definition) is 1. The van der Waals surface area contributed by atoms with Gasteiger partial charge in [-0.25, -0.2) is 0 Å². The topological polar surface area (TPSA) is 46.5 Å². The quantitative estimate of drug-likeness (QED) is 0.797. The minimum Gasteiger partial charge on any atom is -0.507 e. The van der Waals surface area contributed by atoms with E-state index in [4.69, 9.17) is 4.74 Å². The summed E-state index contributed by atoms with van der Waals surface area (Å²) in [6, 6.07) is 12.9. The van der Waals surface area contributed by atoms with Crippen molar-refractivity contribution < 1.29 is 14.6 Å². The van der Waals surface area contributed by atoms with Gasteiger partial charge >= 0.3 is 0 Å². The van der Waals surface area contributed by atoms with Gasteiger partial charge in [0.05, 0.1) is 0 Å². The van der Waals surface area contributed by atoms with E-state index in [0.717, 1.165) is 5.56 Å².